The third kappa shape index (κ3) is 2.10. The number of hydrogen-bond acceptors (Lipinski definition) is 6. The lowest BCUT2D eigenvalue weighted by Gasteiger charge is -1.92. The van der Waals surface area contributed by atoms with E-state index in [1.54, 1.807) is 12.1 Å². The molecule has 0 unspecified atom stereocenters. The molecular weight excluding hydrogens is 222 g/mol. The van der Waals surface area contributed by atoms with Gasteiger partial charge < -0.3 is 9.84 Å². The van der Waals surface area contributed by atoms with Crippen molar-refractivity contribution in [3.8, 4) is 17.7 Å². The molecule has 2 aromatic heterocycles. The molecule has 0 aliphatic rings. The molecule has 0 aliphatic carbocycles. The number of carbonyl (C=O) groups excluding carboxylic acids is 1. The number of hydrogen-bond donors (Lipinski definition) is 1. The lowest BCUT2D eigenvalue weighted by Crippen LogP contribution is -2.19. The SMILES string of the molecule is CNC(=O)c1noc(-c2ccc(C#N)cn2)n1. The Morgan fingerprint density at radius 1 is 1.53 bits per heavy atom. The zero-order valence-electron chi connectivity index (χ0n) is 8.84. The molecule has 2 aromatic rings. The van der Waals surface area contributed by atoms with Gasteiger partial charge in [0.1, 0.15) is 11.8 Å². The van der Waals surface area contributed by atoms with E-state index in [1.807, 2.05) is 6.07 Å². The van der Waals surface area contributed by atoms with Gasteiger partial charge in [-0.3, -0.25) is 4.79 Å². The minimum absolute atomic E-state index is 0.0614. The standard InChI is InChI=1S/C10H7N5O2/c1-12-9(16)8-14-10(17-15-8)7-3-2-6(4-11)5-13-7/h2-3,5H,1H3,(H,12,16). The number of pyridine rings is 1. The first-order valence-electron chi connectivity index (χ1n) is 4.67. The Morgan fingerprint density at radius 2 is 2.35 bits per heavy atom. The quantitative estimate of drug-likeness (QED) is 0.797. The molecule has 7 heteroatoms. The smallest absolute Gasteiger partial charge is 0.292 e. The summed E-state index contributed by atoms with van der Waals surface area (Å²) in [6.45, 7) is 0. The molecule has 84 valence electrons. The molecule has 0 bridgehead atoms. The number of amides is 1. The predicted octanol–water partition coefficient (Wildman–Crippen LogP) is 0.363. The van der Waals surface area contributed by atoms with E-state index in [-0.39, 0.29) is 11.7 Å². The number of nitriles is 1. The minimum Gasteiger partial charge on any atom is -0.352 e. The molecule has 0 aliphatic heterocycles. The molecule has 0 saturated carbocycles. The van der Waals surface area contributed by atoms with Gasteiger partial charge in [-0.25, -0.2) is 4.98 Å². The van der Waals surface area contributed by atoms with Crippen molar-refractivity contribution >= 4 is 5.91 Å². The number of nitrogens with zero attached hydrogens (tertiary/aromatic N) is 4. The summed E-state index contributed by atoms with van der Waals surface area (Å²) in [7, 11) is 1.47. The van der Waals surface area contributed by atoms with E-state index in [0.717, 1.165) is 0 Å². The molecule has 0 radical (unpaired) electrons. The number of carbonyl (C=O) groups is 1. The summed E-state index contributed by atoms with van der Waals surface area (Å²) < 4.78 is 4.88. The zero-order valence-corrected chi connectivity index (χ0v) is 8.84. The Balaban J connectivity index is 2.31. The lowest BCUT2D eigenvalue weighted by atomic mass is 10.3. The second kappa shape index (κ2) is 4.40. The highest BCUT2D eigenvalue weighted by molar-refractivity contribution is 5.90. The third-order valence-electron chi connectivity index (χ3n) is 1.97. The van der Waals surface area contributed by atoms with Crippen LogP contribution in [0.15, 0.2) is 22.9 Å². The Labute approximate surface area is 96.1 Å². The van der Waals surface area contributed by atoms with E-state index < -0.39 is 5.91 Å². The second-order valence-corrected chi connectivity index (χ2v) is 3.05. The van der Waals surface area contributed by atoms with Crippen molar-refractivity contribution in [1.82, 2.24) is 20.4 Å². The van der Waals surface area contributed by atoms with Gasteiger partial charge in [0.2, 0.25) is 0 Å². The molecule has 2 rings (SSSR count). The van der Waals surface area contributed by atoms with Crippen molar-refractivity contribution in [2.75, 3.05) is 7.05 Å². The molecule has 2 heterocycles. The normalized spacial score (nSPS) is 9.65. The van der Waals surface area contributed by atoms with Crippen LogP contribution in [0.1, 0.15) is 16.2 Å². The monoisotopic (exact) mass is 229 g/mol. The molecule has 0 fully saturated rings. The average Bonchev–Trinajstić information content (AvgIpc) is 2.87. The van der Waals surface area contributed by atoms with Gasteiger partial charge in [0.25, 0.3) is 17.6 Å². The van der Waals surface area contributed by atoms with Crippen LogP contribution in [-0.4, -0.2) is 28.1 Å². The molecule has 1 N–H and O–H groups in total. The van der Waals surface area contributed by atoms with E-state index in [2.05, 4.69) is 20.4 Å². The predicted molar refractivity (Wildman–Crippen MR) is 55.6 cm³/mol. The molecule has 17 heavy (non-hydrogen) atoms. The summed E-state index contributed by atoms with van der Waals surface area (Å²) in [4.78, 5) is 19.0. The second-order valence-electron chi connectivity index (χ2n) is 3.05. The molecule has 0 atom stereocenters. The highest BCUT2D eigenvalue weighted by Gasteiger charge is 2.14. The fourth-order valence-corrected chi connectivity index (χ4v) is 1.12. The highest BCUT2D eigenvalue weighted by atomic mass is 16.5. The van der Waals surface area contributed by atoms with Crippen LogP contribution >= 0.6 is 0 Å². The van der Waals surface area contributed by atoms with Gasteiger partial charge in [0.05, 0.1) is 5.56 Å². The molecule has 1 amide bonds. The van der Waals surface area contributed by atoms with Crippen LogP contribution in [0, 0.1) is 11.3 Å². The summed E-state index contributed by atoms with van der Waals surface area (Å²) in [6, 6.07) is 5.09. The number of aromatic nitrogens is 3. The van der Waals surface area contributed by atoms with Crippen LogP contribution in [0.25, 0.3) is 11.6 Å². The first kappa shape index (κ1) is 10.8. The van der Waals surface area contributed by atoms with Crippen molar-refractivity contribution in [1.29, 1.82) is 5.26 Å². The van der Waals surface area contributed by atoms with Crippen molar-refractivity contribution < 1.29 is 9.32 Å². The summed E-state index contributed by atoms with van der Waals surface area (Å²) in [6.07, 6.45) is 1.39. The molecule has 0 saturated heterocycles. The third-order valence-corrected chi connectivity index (χ3v) is 1.97. The molecule has 7 nitrogen and oxygen atoms in total. The maximum absolute atomic E-state index is 11.2. The summed E-state index contributed by atoms with van der Waals surface area (Å²) in [5, 5.41) is 14.5. The first-order chi connectivity index (χ1) is 8.24. The largest absolute Gasteiger partial charge is 0.352 e. The van der Waals surface area contributed by atoms with Crippen LogP contribution in [0.3, 0.4) is 0 Å². The van der Waals surface area contributed by atoms with E-state index in [4.69, 9.17) is 9.78 Å². The van der Waals surface area contributed by atoms with Crippen LogP contribution in [-0.2, 0) is 0 Å². The van der Waals surface area contributed by atoms with Crippen LogP contribution in [0.2, 0.25) is 0 Å². The fourth-order valence-electron chi connectivity index (χ4n) is 1.12. The molecule has 0 spiro atoms. The van der Waals surface area contributed by atoms with Gasteiger partial charge in [0, 0.05) is 13.2 Å². The van der Waals surface area contributed by atoms with Crippen LogP contribution < -0.4 is 5.32 Å². The average molecular weight is 229 g/mol. The topological polar surface area (TPSA) is 105 Å². The van der Waals surface area contributed by atoms with Gasteiger partial charge in [-0.15, -0.1) is 0 Å². The van der Waals surface area contributed by atoms with Crippen molar-refractivity contribution in [3.05, 3.63) is 29.7 Å². The fraction of sp³-hybridized carbons (Fsp3) is 0.100. The van der Waals surface area contributed by atoms with Crippen molar-refractivity contribution in [2.24, 2.45) is 0 Å². The summed E-state index contributed by atoms with van der Waals surface area (Å²) in [5.41, 5.74) is 0.839. The van der Waals surface area contributed by atoms with E-state index in [9.17, 15) is 4.79 Å². The minimum atomic E-state index is -0.436. The van der Waals surface area contributed by atoms with Crippen LogP contribution in [0.4, 0.5) is 0 Å². The molecular formula is C10H7N5O2. The van der Waals surface area contributed by atoms with Gasteiger partial charge in [-0.2, -0.15) is 10.2 Å². The van der Waals surface area contributed by atoms with Crippen molar-refractivity contribution in [3.63, 3.8) is 0 Å². The molecule has 0 aromatic carbocycles. The van der Waals surface area contributed by atoms with Crippen LogP contribution in [0.5, 0.6) is 0 Å². The van der Waals surface area contributed by atoms with E-state index in [0.29, 0.717) is 11.3 Å². The van der Waals surface area contributed by atoms with E-state index >= 15 is 0 Å². The highest BCUT2D eigenvalue weighted by Crippen LogP contribution is 2.14. The maximum atomic E-state index is 11.2. The van der Waals surface area contributed by atoms with Gasteiger partial charge >= 0.3 is 0 Å². The van der Waals surface area contributed by atoms with E-state index in [1.165, 1.54) is 13.2 Å². The van der Waals surface area contributed by atoms with Gasteiger partial charge in [-0.1, -0.05) is 5.16 Å². The maximum Gasteiger partial charge on any atom is 0.292 e. The summed E-state index contributed by atoms with van der Waals surface area (Å²) >= 11 is 0. The number of rotatable bonds is 2. The Morgan fingerprint density at radius 3 is 2.94 bits per heavy atom. The first-order valence-corrected chi connectivity index (χ1v) is 4.67. The summed E-state index contributed by atoms with van der Waals surface area (Å²) in [5.74, 6) is -0.365. The Kier molecular flexibility index (Phi) is 2.79. The van der Waals surface area contributed by atoms with Gasteiger partial charge in [-0.05, 0) is 12.1 Å². The Bertz CT molecular complexity index is 581. The van der Waals surface area contributed by atoms with Crippen molar-refractivity contribution in [2.45, 2.75) is 0 Å². The van der Waals surface area contributed by atoms with Gasteiger partial charge in [0.15, 0.2) is 0 Å². The lowest BCUT2D eigenvalue weighted by molar-refractivity contribution is 0.0950. The number of nitrogens with one attached hydrogen (secondary N) is 1. The zero-order chi connectivity index (χ0) is 12.3. The Hall–Kier alpha value is -2.75.